The number of hydrogen-bond acceptors (Lipinski definition) is 6. The number of non-ortho nitro benzene ring substituents is 1. The number of likely N-dealkylation sites (tertiary alicyclic amines) is 1. The van der Waals surface area contributed by atoms with Crippen LogP contribution >= 0.6 is 0 Å². The van der Waals surface area contributed by atoms with E-state index in [2.05, 4.69) is 0 Å². The molecule has 144 valence electrons. The number of benzene rings is 2. The van der Waals surface area contributed by atoms with Gasteiger partial charge in [0.2, 0.25) is 0 Å². The Labute approximate surface area is 160 Å². The molecular formula is C20H18N2O6. The molecule has 0 spiro atoms. The number of aliphatic hydroxyl groups is 2. The number of nitrogens with zero attached hydrogens (tertiary/aromatic N) is 2. The summed E-state index contributed by atoms with van der Waals surface area (Å²) >= 11 is 0. The van der Waals surface area contributed by atoms with E-state index >= 15 is 0 Å². The van der Waals surface area contributed by atoms with Crippen molar-refractivity contribution in [2.45, 2.75) is 13.0 Å². The van der Waals surface area contributed by atoms with E-state index in [-0.39, 0.29) is 30.2 Å². The molecule has 1 amide bonds. The van der Waals surface area contributed by atoms with E-state index in [4.69, 9.17) is 0 Å². The number of carbonyl (C=O) groups excluding carboxylic acids is 2. The third-order valence-electron chi connectivity index (χ3n) is 4.63. The number of carbonyl (C=O) groups is 2. The van der Waals surface area contributed by atoms with Gasteiger partial charge in [0.1, 0.15) is 5.76 Å². The van der Waals surface area contributed by atoms with Gasteiger partial charge in [-0.15, -0.1) is 0 Å². The second-order valence-corrected chi connectivity index (χ2v) is 6.43. The number of rotatable bonds is 5. The summed E-state index contributed by atoms with van der Waals surface area (Å²) in [5.74, 6) is -2.04. The molecule has 28 heavy (non-hydrogen) atoms. The molecule has 0 aliphatic carbocycles. The highest BCUT2D eigenvalue weighted by Gasteiger charge is 2.45. The molecular weight excluding hydrogens is 364 g/mol. The Morgan fingerprint density at radius 3 is 2.25 bits per heavy atom. The molecule has 1 aliphatic heterocycles. The molecule has 3 rings (SSSR count). The number of ketones is 1. The zero-order valence-corrected chi connectivity index (χ0v) is 15.0. The number of aryl methyl sites for hydroxylation is 1. The summed E-state index contributed by atoms with van der Waals surface area (Å²) in [5, 5.41) is 31.0. The zero-order valence-electron chi connectivity index (χ0n) is 15.0. The fourth-order valence-electron chi connectivity index (χ4n) is 3.21. The third kappa shape index (κ3) is 3.37. The van der Waals surface area contributed by atoms with E-state index in [1.54, 1.807) is 24.3 Å². The number of nitro groups is 1. The predicted octanol–water partition coefficient (Wildman–Crippen LogP) is 2.32. The zero-order chi connectivity index (χ0) is 20.4. The lowest BCUT2D eigenvalue weighted by molar-refractivity contribution is -0.384. The molecule has 1 fully saturated rings. The third-order valence-corrected chi connectivity index (χ3v) is 4.63. The van der Waals surface area contributed by atoms with Crippen molar-refractivity contribution in [1.29, 1.82) is 0 Å². The van der Waals surface area contributed by atoms with Crippen LogP contribution in [0.1, 0.15) is 22.7 Å². The summed E-state index contributed by atoms with van der Waals surface area (Å²) in [6, 6.07) is 11.2. The van der Waals surface area contributed by atoms with Crippen LogP contribution in [-0.2, 0) is 9.59 Å². The molecule has 0 aromatic heterocycles. The van der Waals surface area contributed by atoms with E-state index in [9.17, 15) is 29.9 Å². The highest BCUT2D eigenvalue weighted by molar-refractivity contribution is 6.46. The maximum atomic E-state index is 12.6. The minimum atomic E-state index is -0.950. The molecule has 1 saturated heterocycles. The SMILES string of the molecule is Cc1ccc(/C(O)=C2\C(=O)C(=O)N(CCO)C2c2ccc([N+](=O)[O-])cc2)cc1. The van der Waals surface area contributed by atoms with Crippen LogP contribution < -0.4 is 0 Å². The molecule has 8 heteroatoms. The van der Waals surface area contributed by atoms with Gasteiger partial charge in [0.15, 0.2) is 0 Å². The van der Waals surface area contributed by atoms with Crippen molar-refractivity contribution in [3.05, 3.63) is 80.9 Å². The smallest absolute Gasteiger partial charge is 0.295 e. The van der Waals surface area contributed by atoms with Crippen molar-refractivity contribution in [2.75, 3.05) is 13.2 Å². The van der Waals surface area contributed by atoms with Gasteiger partial charge in [-0.1, -0.05) is 29.8 Å². The Kier molecular flexibility index (Phi) is 5.23. The summed E-state index contributed by atoms with van der Waals surface area (Å²) in [6.07, 6.45) is 0. The molecule has 0 bridgehead atoms. The van der Waals surface area contributed by atoms with Crippen LogP contribution in [0.4, 0.5) is 5.69 Å². The van der Waals surface area contributed by atoms with Crippen LogP contribution in [0.2, 0.25) is 0 Å². The lowest BCUT2D eigenvalue weighted by Gasteiger charge is -2.24. The predicted molar refractivity (Wildman–Crippen MR) is 100 cm³/mol. The quantitative estimate of drug-likeness (QED) is 0.269. The van der Waals surface area contributed by atoms with E-state index in [1.165, 1.54) is 24.3 Å². The molecule has 1 atom stereocenters. The molecule has 0 radical (unpaired) electrons. The van der Waals surface area contributed by atoms with Gasteiger partial charge >= 0.3 is 0 Å². The van der Waals surface area contributed by atoms with Crippen molar-refractivity contribution in [2.24, 2.45) is 0 Å². The maximum Gasteiger partial charge on any atom is 0.295 e. The first kappa shape index (κ1) is 19.2. The van der Waals surface area contributed by atoms with Crippen LogP contribution in [0.15, 0.2) is 54.1 Å². The summed E-state index contributed by atoms with van der Waals surface area (Å²) in [5.41, 5.74) is 1.51. The lowest BCUT2D eigenvalue weighted by atomic mass is 9.95. The summed E-state index contributed by atoms with van der Waals surface area (Å²) in [7, 11) is 0. The van der Waals surface area contributed by atoms with Gasteiger partial charge in [0.05, 0.1) is 23.1 Å². The molecule has 1 heterocycles. The second kappa shape index (κ2) is 7.61. The Bertz CT molecular complexity index is 963. The van der Waals surface area contributed by atoms with Gasteiger partial charge < -0.3 is 15.1 Å². The topological polar surface area (TPSA) is 121 Å². The van der Waals surface area contributed by atoms with Gasteiger partial charge in [-0.05, 0) is 24.6 Å². The Hall–Kier alpha value is -3.52. The van der Waals surface area contributed by atoms with Crippen LogP contribution in [0.5, 0.6) is 0 Å². The first-order valence-electron chi connectivity index (χ1n) is 8.55. The number of nitro benzene ring substituents is 1. The van der Waals surface area contributed by atoms with Gasteiger partial charge in [0, 0.05) is 24.2 Å². The molecule has 0 saturated carbocycles. The Balaban J connectivity index is 2.15. The number of β-amino-alcohol motifs (C(OH)–C–C–N with tert-alkyl or cyclic N) is 1. The van der Waals surface area contributed by atoms with Crippen molar-refractivity contribution in [3.63, 3.8) is 0 Å². The standard InChI is InChI=1S/C20H18N2O6/c1-12-2-4-14(5-3-12)18(24)16-17(21(10-11-23)20(26)19(16)25)13-6-8-15(9-7-13)22(27)28/h2-9,17,23-24H,10-11H2,1H3/b18-16+. The van der Waals surface area contributed by atoms with Gasteiger partial charge in [-0.25, -0.2) is 0 Å². The van der Waals surface area contributed by atoms with E-state index in [0.29, 0.717) is 11.1 Å². The number of hydrogen-bond donors (Lipinski definition) is 2. The minimum Gasteiger partial charge on any atom is -0.507 e. The molecule has 2 aromatic rings. The van der Waals surface area contributed by atoms with Crippen LogP contribution in [0.25, 0.3) is 5.76 Å². The van der Waals surface area contributed by atoms with Crippen LogP contribution in [-0.4, -0.2) is 44.9 Å². The van der Waals surface area contributed by atoms with Crippen molar-refractivity contribution in [1.82, 2.24) is 4.90 Å². The number of aliphatic hydroxyl groups excluding tert-OH is 2. The normalized spacial score (nSPS) is 18.5. The average molecular weight is 382 g/mol. The summed E-state index contributed by atoms with van der Waals surface area (Å²) < 4.78 is 0. The maximum absolute atomic E-state index is 12.6. The van der Waals surface area contributed by atoms with Crippen molar-refractivity contribution >= 4 is 23.1 Å². The number of Topliss-reactive ketones (excluding diaryl/α,β-unsaturated/α-hetero) is 1. The van der Waals surface area contributed by atoms with Gasteiger partial charge in [-0.3, -0.25) is 19.7 Å². The molecule has 8 nitrogen and oxygen atoms in total. The Morgan fingerprint density at radius 2 is 1.71 bits per heavy atom. The Morgan fingerprint density at radius 1 is 1.11 bits per heavy atom. The molecule has 1 unspecified atom stereocenters. The summed E-state index contributed by atoms with van der Waals surface area (Å²) in [4.78, 5) is 36.6. The van der Waals surface area contributed by atoms with E-state index in [0.717, 1.165) is 10.5 Å². The fraction of sp³-hybridized carbons (Fsp3) is 0.200. The van der Waals surface area contributed by atoms with Gasteiger partial charge in [0.25, 0.3) is 17.4 Å². The van der Waals surface area contributed by atoms with Crippen molar-refractivity contribution < 1.29 is 24.7 Å². The summed E-state index contributed by atoms with van der Waals surface area (Å²) in [6.45, 7) is 1.39. The highest BCUT2D eigenvalue weighted by Crippen LogP contribution is 2.39. The molecule has 2 aromatic carbocycles. The largest absolute Gasteiger partial charge is 0.507 e. The van der Waals surface area contributed by atoms with Crippen molar-refractivity contribution in [3.8, 4) is 0 Å². The highest BCUT2D eigenvalue weighted by atomic mass is 16.6. The van der Waals surface area contributed by atoms with E-state index < -0.39 is 22.7 Å². The minimum absolute atomic E-state index is 0.114. The van der Waals surface area contributed by atoms with Crippen LogP contribution in [0, 0.1) is 17.0 Å². The first-order valence-corrected chi connectivity index (χ1v) is 8.55. The van der Waals surface area contributed by atoms with E-state index in [1.807, 2.05) is 6.92 Å². The monoisotopic (exact) mass is 382 g/mol. The van der Waals surface area contributed by atoms with Gasteiger partial charge in [-0.2, -0.15) is 0 Å². The molecule has 2 N–H and O–H groups in total. The molecule has 1 aliphatic rings. The number of amides is 1. The second-order valence-electron chi connectivity index (χ2n) is 6.43. The lowest BCUT2D eigenvalue weighted by Crippen LogP contribution is -2.32. The average Bonchev–Trinajstić information content (AvgIpc) is 2.93. The first-order chi connectivity index (χ1) is 13.3. The van der Waals surface area contributed by atoms with Crippen LogP contribution in [0.3, 0.4) is 0 Å². The fourth-order valence-corrected chi connectivity index (χ4v) is 3.21.